The van der Waals surface area contributed by atoms with Gasteiger partial charge in [-0.05, 0) is 13.8 Å². The summed E-state index contributed by atoms with van der Waals surface area (Å²) in [6, 6.07) is 0. The van der Waals surface area contributed by atoms with E-state index in [1.807, 2.05) is 13.8 Å². The van der Waals surface area contributed by atoms with Gasteiger partial charge in [-0.25, -0.2) is 0 Å². The quantitative estimate of drug-likeness (QED) is 0.480. The van der Waals surface area contributed by atoms with Crippen molar-refractivity contribution in [2.45, 2.75) is 13.8 Å². The van der Waals surface area contributed by atoms with Gasteiger partial charge in [-0.1, -0.05) is 0 Å². The van der Waals surface area contributed by atoms with Crippen LogP contribution in [0.1, 0.15) is 13.8 Å². The zero-order valence-corrected chi connectivity index (χ0v) is 5.81. The van der Waals surface area contributed by atoms with Crippen LogP contribution in [0, 0.1) is 0 Å². The Hall–Kier alpha value is -0.183. The number of hydrogen-bond donors (Lipinski definition) is 0. The average Bonchev–Trinajstić information content (AvgIpc) is 1.69. The predicted octanol–water partition coefficient (Wildman–Crippen LogP) is 1.10. The van der Waals surface area contributed by atoms with E-state index in [0.29, 0.717) is 9.10 Å². The summed E-state index contributed by atoms with van der Waals surface area (Å²) in [7, 11) is 0.482. The van der Waals surface area contributed by atoms with E-state index in [-0.39, 0.29) is 0 Å². The molecule has 0 saturated heterocycles. The second-order valence-electron chi connectivity index (χ2n) is 1.05. The normalized spacial score (nSPS) is 7.14. The lowest BCUT2D eigenvalue weighted by Crippen LogP contribution is -1.67. The average molecular weight is 114 g/mol. The summed E-state index contributed by atoms with van der Waals surface area (Å²) in [5.41, 5.74) is 0. The van der Waals surface area contributed by atoms with E-state index in [0.717, 1.165) is 13.1 Å². The second-order valence-corrected chi connectivity index (χ2v) is 1.88. The largest absolute Gasteiger partial charge is 0.274 e. The third-order valence-electron chi connectivity index (χ3n) is 0.458. The first kappa shape index (κ1) is 6.82. The smallest absolute Gasteiger partial charge is 0.213 e. The highest BCUT2D eigenvalue weighted by molar-refractivity contribution is 6.06. The van der Waals surface area contributed by atoms with Crippen molar-refractivity contribution in [3.05, 3.63) is 0 Å². The van der Waals surface area contributed by atoms with Crippen molar-refractivity contribution >= 4 is 9.10 Å². The number of nitrogens with zero attached hydrogens (tertiary/aromatic N) is 2. The molecule has 0 bridgehead atoms. The Kier molecular flexibility index (Phi) is 5.66. The molecular formula is C4H10N2Si. The highest BCUT2D eigenvalue weighted by Gasteiger charge is 1.57. The summed E-state index contributed by atoms with van der Waals surface area (Å²) < 4.78 is 8.05. The Morgan fingerprint density at radius 3 is 1.86 bits per heavy atom. The molecule has 40 valence electrons. The van der Waals surface area contributed by atoms with Crippen molar-refractivity contribution in [2.24, 2.45) is 9.27 Å². The Bertz CT molecular complexity index is 75.7. The minimum atomic E-state index is 0.482. The van der Waals surface area contributed by atoms with E-state index < -0.39 is 0 Å². The summed E-state index contributed by atoms with van der Waals surface area (Å²) in [6.07, 6.45) is 0. The molecule has 0 N–H and O–H groups in total. The lowest BCUT2D eigenvalue weighted by Gasteiger charge is -1.69. The van der Waals surface area contributed by atoms with Crippen molar-refractivity contribution in [1.82, 2.24) is 0 Å². The lowest BCUT2D eigenvalue weighted by molar-refractivity contribution is 1.12. The van der Waals surface area contributed by atoms with Crippen molar-refractivity contribution in [3.63, 3.8) is 0 Å². The van der Waals surface area contributed by atoms with Crippen LogP contribution in [-0.4, -0.2) is 22.2 Å². The van der Waals surface area contributed by atoms with Crippen LogP contribution in [0.15, 0.2) is 9.27 Å². The molecule has 0 atom stereocenters. The van der Waals surface area contributed by atoms with Crippen molar-refractivity contribution in [1.29, 1.82) is 0 Å². The molecule has 0 heterocycles. The van der Waals surface area contributed by atoms with Crippen LogP contribution >= 0.6 is 0 Å². The van der Waals surface area contributed by atoms with Gasteiger partial charge < -0.3 is 0 Å². The molecule has 0 aliphatic carbocycles. The molecule has 3 heteroatoms. The van der Waals surface area contributed by atoms with E-state index in [9.17, 15) is 0 Å². The van der Waals surface area contributed by atoms with Gasteiger partial charge in [0.1, 0.15) is 0 Å². The molecule has 0 amide bonds. The van der Waals surface area contributed by atoms with Gasteiger partial charge in [0.2, 0.25) is 9.10 Å². The van der Waals surface area contributed by atoms with Gasteiger partial charge in [-0.3, -0.25) is 9.27 Å². The van der Waals surface area contributed by atoms with Gasteiger partial charge in [0.05, 0.1) is 0 Å². The molecule has 7 heavy (non-hydrogen) atoms. The van der Waals surface area contributed by atoms with Crippen molar-refractivity contribution in [3.8, 4) is 0 Å². The summed E-state index contributed by atoms with van der Waals surface area (Å²) in [5.74, 6) is 0. The Labute approximate surface area is 46.2 Å². The second kappa shape index (κ2) is 5.82. The maximum atomic E-state index is 4.02. The Morgan fingerprint density at radius 1 is 1.14 bits per heavy atom. The van der Waals surface area contributed by atoms with E-state index in [2.05, 4.69) is 9.27 Å². The van der Waals surface area contributed by atoms with Crippen LogP contribution in [0.2, 0.25) is 0 Å². The lowest BCUT2D eigenvalue weighted by atomic mass is 10.8. The maximum Gasteiger partial charge on any atom is 0.213 e. The van der Waals surface area contributed by atoms with Crippen LogP contribution in [0.5, 0.6) is 0 Å². The zero-order chi connectivity index (χ0) is 5.54. The Morgan fingerprint density at radius 2 is 1.57 bits per heavy atom. The molecule has 0 radical (unpaired) electrons. The van der Waals surface area contributed by atoms with Crippen molar-refractivity contribution < 1.29 is 0 Å². The molecule has 0 aliphatic heterocycles. The van der Waals surface area contributed by atoms with Gasteiger partial charge in [-0.15, -0.1) is 0 Å². The van der Waals surface area contributed by atoms with Crippen LogP contribution in [-0.2, 0) is 0 Å². The van der Waals surface area contributed by atoms with Crippen molar-refractivity contribution in [2.75, 3.05) is 13.1 Å². The SMILES string of the molecule is CCN=[Si]=NCC. The van der Waals surface area contributed by atoms with E-state index >= 15 is 0 Å². The van der Waals surface area contributed by atoms with Crippen LogP contribution in [0.25, 0.3) is 0 Å². The van der Waals surface area contributed by atoms with Gasteiger partial charge in [0, 0.05) is 13.1 Å². The Balaban J connectivity index is 3.21. The highest BCUT2D eigenvalue weighted by atomic mass is 28.2. The first-order chi connectivity index (χ1) is 3.41. The fourth-order valence-electron chi connectivity index (χ4n) is 0.191. The topological polar surface area (TPSA) is 24.7 Å². The fourth-order valence-corrected chi connectivity index (χ4v) is 0.574. The molecule has 0 aromatic carbocycles. The van der Waals surface area contributed by atoms with Crippen LogP contribution in [0.3, 0.4) is 0 Å². The molecule has 2 nitrogen and oxygen atoms in total. The maximum absolute atomic E-state index is 4.02. The van der Waals surface area contributed by atoms with Gasteiger partial charge >= 0.3 is 0 Å². The van der Waals surface area contributed by atoms with Gasteiger partial charge in [0.15, 0.2) is 0 Å². The standard InChI is InChI=1S/C4H10N2Si/c1-3-5-7-6-4-2/h3-4H2,1-2H3. The molecule has 0 aliphatic rings. The first-order valence-electron chi connectivity index (χ1n) is 2.49. The highest BCUT2D eigenvalue weighted by Crippen LogP contribution is 1.60. The number of rotatable bonds is 2. The molecule has 0 aromatic rings. The van der Waals surface area contributed by atoms with Crippen LogP contribution in [0.4, 0.5) is 0 Å². The van der Waals surface area contributed by atoms with E-state index in [4.69, 9.17) is 0 Å². The summed E-state index contributed by atoms with van der Waals surface area (Å²) >= 11 is 0. The monoisotopic (exact) mass is 114 g/mol. The number of hydrogen-bond acceptors (Lipinski definition) is 2. The zero-order valence-electron chi connectivity index (χ0n) is 4.81. The van der Waals surface area contributed by atoms with E-state index in [1.165, 1.54) is 0 Å². The van der Waals surface area contributed by atoms with Gasteiger partial charge in [0.25, 0.3) is 0 Å². The predicted molar refractivity (Wildman–Crippen MR) is 31.7 cm³/mol. The minimum Gasteiger partial charge on any atom is -0.274 e. The molecule has 0 spiro atoms. The third-order valence-corrected chi connectivity index (χ3v) is 1.37. The molecule has 0 unspecified atom stereocenters. The molecular weight excluding hydrogens is 104 g/mol. The minimum absolute atomic E-state index is 0.482. The molecule has 0 saturated carbocycles. The molecule has 0 aromatic heterocycles. The summed E-state index contributed by atoms with van der Waals surface area (Å²) in [4.78, 5) is 0. The van der Waals surface area contributed by atoms with Gasteiger partial charge in [-0.2, -0.15) is 0 Å². The van der Waals surface area contributed by atoms with Crippen LogP contribution < -0.4 is 0 Å². The van der Waals surface area contributed by atoms with E-state index in [1.54, 1.807) is 0 Å². The first-order valence-corrected chi connectivity index (χ1v) is 3.39. The third kappa shape index (κ3) is 5.82. The summed E-state index contributed by atoms with van der Waals surface area (Å²) in [5, 5.41) is 0. The molecule has 0 rings (SSSR count). The molecule has 0 fully saturated rings. The summed E-state index contributed by atoms with van der Waals surface area (Å²) in [6.45, 7) is 5.86. The fraction of sp³-hybridized carbons (Fsp3) is 1.00.